The maximum atomic E-state index is 5.51. The molecule has 3 heterocycles. The standard InChI is InChI=1S/C99H67N7/c1-7-26-68(27-8-1)78-61-79(69-28-9-2-10-29-69)63-80(62-78)72-30-23-31-75(60-72)97-100-98(76-32-24-42-87(64-76)103(81-34-11-3-12-35-81)85-54-48-70(49-55-85)73-52-58-95-91(66-73)89-44-19-21-46-93(89)105(95)83-38-15-5-16-39-83)102-99(101-97)77-33-25-43-88(65-77)104(82-36-13-4-14-37-82)86-56-50-71(51-57-86)74-53-59-96-92(67-74)90-45-20-22-47-94(90)106(96)84-40-17-6-18-41-84/h1-67H. The Bertz CT molecular complexity index is 6050. The van der Waals surface area contributed by atoms with Crippen LogP contribution < -0.4 is 9.80 Å². The van der Waals surface area contributed by atoms with Crippen molar-refractivity contribution >= 4 is 77.7 Å². The second kappa shape index (κ2) is 27.3. The van der Waals surface area contributed by atoms with Gasteiger partial charge in [0.2, 0.25) is 0 Å². The fourth-order valence-electron chi connectivity index (χ4n) is 15.2. The lowest BCUT2D eigenvalue weighted by molar-refractivity contribution is 1.07. The number of rotatable bonds is 16. The maximum absolute atomic E-state index is 5.51. The number of benzene rings is 16. The van der Waals surface area contributed by atoms with Crippen molar-refractivity contribution in [1.82, 2.24) is 24.1 Å². The summed E-state index contributed by atoms with van der Waals surface area (Å²) in [5, 5.41) is 4.87. The molecule has 498 valence electrons. The highest BCUT2D eigenvalue weighted by atomic mass is 15.2. The third-order valence-corrected chi connectivity index (χ3v) is 20.3. The van der Waals surface area contributed by atoms with Gasteiger partial charge in [0, 0.05) is 83.7 Å². The van der Waals surface area contributed by atoms with Crippen LogP contribution in [0.4, 0.5) is 34.1 Å². The molecule has 0 aliphatic carbocycles. The molecule has 0 N–H and O–H groups in total. The quantitative estimate of drug-likeness (QED) is 0.0965. The van der Waals surface area contributed by atoms with E-state index in [9.17, 15) is 0 Å². The van der Waals surface area contributed by atoms with Crippen molar-refractivity contribution in [3.63, 3.8) is 0 Å². The van der Waals surface area contributed by atoms with Gasteiger partial charge in [-0.15, -0.1) is 0 Å². The number of anilines is 6. The molecule has 0 radical (unpaired) electrons. The summed E-state index contributed by atoms with van der Waals surface area (Å²) in [7, 11) is 0. The summed E-state index contributed by atoms with van der Waals surface area (Å²) in [4.78, 5) is 21.1. The van der Waals surface area contributed by atoms with Gasteiger partial charge in [0.25, 0.3) is 0 Å². The predicted octanol–water partition coefficient (Wildman–Crippen LogP) is 26.3. The highest BCUT2D eigenvalue weighted by Crippen LogP contribution is 2.44. The number of fused-ring (bicyclic) bond motifs is 6. The minimum Gasteiger partial charge on any atom is -0.310 e. The van der Waals surface area contributed by atoms with Crippen LogP contribution in [-0.4, -0.2) is 24.1 Å². The van der Waals surface area contributed by atoms with Crippen LogP contribution in [0.5, 0.6) is 0 Å². The molecule has 0 spiro atoms. The number of para-hydroxylation sites is 6. The first-order valence-corrected chi connectivity index (χ1v) is 36.0. The van der Waals surface area contributed by atoms with E-state index in [1.54, 1.807) is 0 Å². The van der Waals surface area contributed by atoms with E-state index in [-0.39, 0.29) is 0 Å². The van der Waals surface area contributed by atoms with Crippen LogP contribution in [0.15, 0.2) is 406 Å². The predicted molar refractivity (Wildman–Crippen MR) is 441 cm³/mol. The van der Waals surface area contributed by atoms with E-state index in [1.807, 2.05) is 0 Å². The lowest BCUT2D eigenvalue weighted by Crippen LogP contribution is -2.10. The molecule has 0 aliphatic rings. The molecule has 7 heteroatoms. The lowest BCUT2D eigenvalue weighted by Gasteiger charge is -2.26. The number of hydrogen-bond donors (Lipinski definition) is 0. The molecule has 0 fully saturated rings. The second-order valence-corrected chi connectivity index (χ2v) is 26.8. The molecular formula is C99H67N7. The van der Waals surface area contributed by atoms with Crippen LogP contribution in [-0.2, 0) is 0 Å². The number of hydrogen-bond acceptors (Lipinski definition) is 5. The van der Waals surface area contributed by atoms with Gasteiger partial charge in [-0.1, -0.05) is 249 Å². The molecule has 0 aliphatic heterocycles. The third-order valence-electron chi connectivity index (χ3n) is 20.3. The molecule has 0 bridgehead atoms. The zero-order valence-corrected chi connectivity index (χ0v) is 57.8. The molecule has 7 nitrogen and oxygen atoms in total. The van der Waals surface area contributed by atoms with Crippen LogP contribution >= 0.6 is 0 Å². The first-order chi connectivity index (χ1) is 52.5. The lowest BCUT2D eigenvalue weighted by atomic mass is 9.93. The monoisotopic (exact) mass is 1350 g/mol. The molecule has 19 aromatic rings. The smallest absolute Gasteiger partial charge is 0.164 e. The van der Waals surface area contributed by atoms with E-state index in [1.165, 1.54) is 43.6 Å². The van der Waals surface area contributed by atoms with Crippen molar-refractivity contribution in [1.29, 1.82) is 0 Å². The fraction of sp³-hybridized carbons (Fsp3) is 0. The fourth-order valence-corrected chi connectivity index (χ4v) is 15.2. The largest absolute Gasteiger partial charge is 0.310 e. The molecule has 106 heavy (non-hydrogen) atoms. The summed E-state index contributed by atoms with van der Waals surface area (Å²) >= 11 is 0. The normalized spacial score (nSPS) is 11.4. The second-order valence-electron chi connectivity index (χ2n) is 26.8. The summed E-state index contributed by atoms with van der Waals surface area (Å²) in [5.41, 5.74) is 26.7. The Hall–Kier alpha value is -14.3. The topological polar surface area (TPSA) is 55.0 Å². The van der Waals surface area contributed by atoms with Gasteiger partial charge in [-0.05, 0) is 213 Å². The van der Waals surface area contributed by atoms with Crippen molar-refractivity contribution in [3.05, 3.63) is 406 Å². The van der Waals surface area contributed by atoms with E-state index < -0.39 is 0 Å². The van der Waals surface area contributed by atoms with Crippen LogP contribution in [0.3, 0.4) is 0 Å². The van der Waals surface area contributed by atoms with Gasteiger partial charge in [-0.3, -0.25) is 0 Å². The molecule has 3 aromatic heterocycles. The van der Waals surface area contributed by atoms with Gasteiger partial charge in [0.1, 0.15) is 0 Å². The highest BCUT2D eigenvalue weighted by molar-refractivity contribution is 6.12. The highest BCUT2D eigenvalue weighted by Gasteiger charge is 2.22. The van der Waals surface area contributed by atoms with Gasteiger partial charge in [-0.25, -0.2) is 15.0 Å². The Morgan fingerprint density at radius 2 is 0.425 bits per heavy atom. The Labute approximate surface area is 615 Å². The van der Waals surface area contributed by atoms with E-state index in [2.05, 4.69) is 425 Å². The number of aromatic nitrogens is 5. The van der Waals surface area contributed by atoms with Crippen LogP contribution in [0, 0.1) is 0 Å². The molecular weight excluding hydrogens is 1290 g/mol. The zero-order chi connectivity index (χ0) is 70.3. The van der Waals surface area contributed by atoms with Crippen molar-refractivity contribution in [2.75, 3.05) is 9.80 Å². The summed E-state index contributed by atoms with van der Waals surface area (Å²) < 4.78 is 4.73. The Kier molecular flexibility index (Phi) is 16.1. The van der Waals surface area contributed by atoms with Crippen LogP contribution in [0.2, 0.25) is 0 Å². The van der Waals surface area contributed by atoms with Crippen LogP contribution in [0.1, 0.15) is 0 Å². The molecule has 0 unspecified atom stereocenters. The summed E-state index contributed by atoms with van der Waals surface area (Å²) in [6.45, 7) is 0. The third kappa shape index (κ3) is 11.9. The van der Waals surface area contributed by atoms with Crippen molar-refractivity contribution in [2.45, 2.75) is 0 Å². The van der Waals surface area contributed by atoms with Crippen molar-refractivity contribution < 1.29 is 0 Å². The average molecular weight is 1350 g/mol. The maximum Gasteiger partial charge on any atom is 0.164 e. The molecule has 0 atom stereocenters. The summed E-state index contributed by atoms with van der Waals surface area (Å²) in [5.74, 6) is 1.64. The molecule has 0 saturated heterocycles. The first-order valence-electron chi connectivity index (χ1n) is 36.0. The van der Waals surface area contributed by atoms with E-state index in [4.69, 9.17) is 15.0 Å². The van der Waals surface area contributed by atoms with Gasteiger partial charge >= 0.3 is 0 Å². The van der Waals surface area contributed by atoms with Gasteiger partial charge in [0.05, 0.1) is 22.1 Å². The molecule has 16 aromatic carbocycles. The number of nitrogens with zero attached hydrogens (tertiary/aromatic N) is 7. The van der Waals surface area contributed by atoms with Crippen LogP contribution in [0.25, 0.3) is 145 Å². The molecule has 0 amide bonds. The van der Waals surface area contributed by atoms with E-state index in [0.29, 0.717) is 17.5 Å². The Morgan fingerprint density at radius 3 is 0.840 bits per heavy atom. The van der Waals surface area contributed by atoms with Gasteiger partial charge in [-0.2, -0.15) is 0 Å². The minimum absolute atomic E-state index is 0.542. The summed E-state index contributed by atoms with van der Waals surface area (Å²) in [6.07, 6.45) is 0. The summed E-state index contributed by atoms with van der Waals surface area (Å²) in [6, 6.07) is 145. The van der Waals surface area contributed by atoms with E-state index >= 15 is 0 Å². The molecule has 19 rings (SSSR count). The Morgan fingerprint density at radius 1 is 0.160 bits per heavy atom. The first kappa shape index (κ1) is 62.7. The SMILES string of the molecule is c1ccc(-c2cc(-c3ccccc3)cc(-c3cccc(-c4nc(-c5cccc(N(c6ccccc6)c6ccc(-c7ccc8c(c7)c7ccccc7n8-c7ccccc7)cc6)c5)nc(-c5cccc(N(c6ccccc6)c6ccc(-c7ccc8c(c7)c7ccccc7n8-c7ccccc7)cc6)c5)n4)c3)c2)cc1. The van der Waals surface area contributed by atoms with E-state index in [0.717, 1.165) is 118 Å². The van der Waals surface area contributed by atoms with Crippen molar-refractivity contribution in [3.8, 4) is 101 Å². The average Bonchev–Trinajstić information content (AvgIpc) is 1.57. The zero-order valence-electron chi connectivity index (χ0n) is 57.8. The van der Waals surface area contributed by atoms with Gasteiger partial charge < -0.3 is 18.9 Å². The molecule has 0 saturated carbocycles. The van der Waals surface area contributed by atoms with Crippen molar-refractivity contribution in [2.24, 2.45) is 0 Å². The van der Waals surface area contributed by atoms with Gasteiger partial charge in [0.15, 0.2) is 17.5 Å². The minimum atomic E-state index is 0.542. The Balaban J connectivity index is 0.714.